The Balaban J connectivity index is 1.39. The molecule has 0 saturated carbocycles. The molecule has 1 fully saturated rings. The third kappa shape index (κ3) is 4.39. The molecular formula is C24H28N4O4. The molecule has 0 radical (unpaired) electrons. The highest BCUT2D eigenvalue weighted by molar-refractivity contribution is 5.96. The second-order valence-electron chi connectivity index (χ2n) is 7.96. The molecule has 0 unspecified atom stereocenters. The predicted molar refractivity (Wildman–Crippen MR) is 122 cm³/mol. The molecule has 3 aromatic rings. The van der Waals surface area contributed by atoms with Crippen molar-refractivity contribution in [2.45, 2.75) is 19.8 Å². The van der Waals surface area contributed by atoms with Crippen molar-refractivity contribution in [2.75, 3.05) is 44.2 Å². The Kier molecular flexibility index (Phi) is 6.30. The quantitative estimate of drug-likeness (QED) is 0.579. The first-order chi connectivity index (χ1) is 15.5. The molecule has 2 heterocycles. The summed E-state index contributed by atoms with van der Waals surface area (Å²) in [5.74, 6) is 2.04. The van der Waals surface area contributed by atoms with E-state index < -0.39 is 0 Å². The van der Waals surface area contributed by atoms with Gasteiger partial charge in [0.1, 0.15) is 11.5 Å². The fourth-order valence-electron chi connectivity index (χ4n) is 3.97. The number of anilines is 2. The lowest BCUT2D eigenvalue weighted by atomic mass is 9.95. The van der Waals surface area contributed by atoms with Gasteiger partial charge >= 0.3 is 6.01 Å². The van der Waals surface area contributed by atoms with E-state index in [9.17, 15) is 4.79 Å². The first-order valence-corrected chi connectivity index (χ1v) is 10.7. The molecule has 4 rings (SSSR count). The van der Waals surface area contributed by atoms with E-state index in [2.05, 4.69) is 10.1 Å². The molecule has 8 heteroatoms. The summed E-state index contributed by atoms with van der Waals surface area (Å²) in [6.45, 7) is 3.36. The van der Waals surface area contributed by atoms with E-state index >= 15 is 0 Å². The molecular weight excluding hydrogens is 408 g/mol. The van der Waals surface area contributed by atoms with Crippen LogP contribution in [0.3, 0.4) is 0 Å². The van der Waals surface area contributed by atoms with Gasteiger partial charge in [0.05, 0.1) is 19.9 Å². The molecule has 1 aliphatic rings. The van der Waals surface area contributed by atoms with Gasteiger partial charge in [0.15, 0.2) is 0 Å². The minimum Gasteiger partial charge on any atom is -0.497 e. The molecule has 32 heavy (non-hydrogen) atoms. The van der Waals surface area contributed by atoms with Gasteiger partial charge in [-0.05, 0) is 61.7 Å². The van der Waals surface area contributed by atoms with Crippen molar-refractivity contribution in [3.05, 3.63) is 48.0 Å². The lowest BCUT2D eigenvalue weighted by molar-refractivity contribution is -0.122. The number of amides is 1. The number of ether oxygens (including phenoxy) is 2. The molecule has 8 nitrogen and oxygen atoms in total. The zero-order chi connectivity index (χ0) is 22.7. The minimum absolute atomic E-state index is 0.0644. The van der Waals surface area contributed by atoms with Gasteiger partial charge in [0, 0.05) is 31.6 Å². The fourth-order valence-corrected chi connectivity index (χ4v) is 3.97. The maximum atomic E-state index is 13.2. The van der Waals surface area contributed by atoms with E-state index in [0.717, 1.165) is 35.4 Å². The molecule has 1 aliphatic heterocycles. The Labute approximate surface area is 187 Å². The largest absolute Gasteiger partial charge is 0.497 e. The Morgan fingerprint density at radius 2 is 1.81 bits per heavy atom. The molecule has 0 atom stereocenters. The van der Waals surface area contributed by atoms with Crippen LogP contribution < -0.4 is 19.3 Å². The number of piperidine rings is 1. The van der Waals surface area contributed by atoms with Crippen molar-refractivity contribution in [3.8, 4) is 22.9 Å². The van der Waals surface area contributed by atoms with Gasteiger partial charge in [-0.1, -0.05) is 11.2 Å². The monoisotopic (exact) mass is 436 g/mol. The van der Waals surface area contributed by atoms with E-state index in [1.807, 2.05) is 61.3 Å². The molecule has 0 spiro atoms. The van der Waals surface area contributed by atoms with Crippen molar-refractivity contribution in [3.63, 3.8) is 0 Å². The van der Waals surface area contributed by atoms with Crippen molar-refractivity contribution in [2.24, 2.45) is 5.92 Å². The normalized spacial score (nSPS) is 14.3. The number of benzene rings is 2. The summed E-state index contributed by atoms with van der Waals surface area (Å²) in [5.41, 5.74) is 2.74. The number of carbonyl (C=O) groups is 1. The summed E-state index contributed by atoms with van der Waals surface area (Å²) in [5, 5.41) is 4.11. The number of methoxy groups -OCH3 is 2. The van der Waals surface area contributed by atoms with Gasteiger partial charge < -0.3 is 23.8 Å². The average Bonchev–Trinajstić information content (AvgIpc) is 3.33. The van der Waals surface area contributed by atoms with E-state index in [1.165, 1.54) is 0 Å². The molecule has 1 saturated heterocycles. The first-order valence-electron chi connectivity index (χ1n) is 10.7. The highest BCUT2D eigenvalue weighted by atomic mass is 16.5. The van der Waals surface area contributed by atoms with Gasteiger partial charge in [-0.3, -0.25) is 4.79 Å². The number of aryl methyl sites for hydroxylation is 1. The number of hydrogen-bond donors (Lipinski definition) is 0. The Morgan fingerprint density at radius 3 is 2.47 bits per heavy atom. The Bertz CT molecular complexity index is 1070. The SMILES string of the molecule is COc1ccc(-c2noc(N3CCC(C(=O)N(C)c4cc(C)ccc4OC)CC3)n2)cc1. The molecule has 0 N–H and O–H groups in total. The first kappa shape index (κ1) is 21.7. The van der Waals surface area contributed by atoms with Gasteiger partial charge in [-0.25, -0.2) is 0 Å². The standard InChI is InChI=1S/C24H28N4O4/c1-16-5-10-21(31-4)20(15-16)27(2)23(29)18-11-13-28(14-12-18)24-25-22(26-32-24)17-6-8-19(30-3)9-7-17/h5-10,15,18H,11-14H2,1-4H3. The summed E-state index contributed by atoms with van der Waals surface area (Å²) in [6, 6.07) is 13.9. The van der Waals surface area contributed by atoms with Crippen LogP contribution in [0.4, 0.5) is 11.7 Å². The van der Waals surface area contributed by atoms with E-state index in [4.69, 9.17) is 14.0 Å². The van der Waals surface area contributed by atoms with Crippen molar-refractivity contribution >= 4 is 17.6 Å². The van der Waals surface area contributed by atoms with Gasteiger partial charge in [0.2, 0.25) is 11.7 Å². The van der Waals surface area contributed by atoms with Crippen LogP contribution in [0.15, 0.2) is 47.0 Å². The van der Waals surface area contributed by atoms with E-state index in [0.29, 0.717) is 30.7 Å². The van der Waals surface area contributed by atoms with E-state index in [-0.39, 0.29) is 11.8 Å². The molecule has 168 valence electrons. The second-order valence-corrected chi connectivity index (χ2v) is 7.96. The highest BCUT2D eigenvalue weighted by Crippen LogP contribution is 2.32. The van der Waals surface area contributed by atoms with Crippen LogP contribution in [0.1, 0.15) is 18.4 Å². The summed E-state index contributed by atoms with van der Waals surface area (Å²) < 4.78 is 16.1. The number of nitrogens with zero attached hydrogens (tertiary/aromatic N) is 4. The van der Waals surface area contributed by atoms with Crippen LogP contribution in [0.25, 0.3) is 11.4 Å². The predicted octanol–water partition coefficient (Wildman–Crippen LogP) is 3.94. The summed E-state index contributed by atoms with van der Waals surface area (Å²) >= 11 is 0. The maximum Gasteiger partial charge on any atom is 0.324 e. The molecule has 2 aromatic carbocycles. The summed E-state index contributed by atoms with van der Waals surface area (Å²) in [4.78, 5) is 21.4. The van der Waals surface area contributed by atoms with Crippen molar-refractivity contribution < 1.29 is 18.8 Å². The molecule has 0 bridgehead atoms. The topological polar surface area (TPSA) is 80.9 Å². The van der Waals surface area contributed by atoms with Crippen LogP contribution in [0.2, 0.25) is 0 Å². The van der Waals surface area contributed by atoms with E-state index in [1.54, 1.807) is 19.1 Å². The highest BCUT2D eigenvalue weighted by Gasteiger charge is 2.30. The lowest BCUT2D eigenvalue weighted by Crippen LogP contribution is -2.41. The smallest absolute Gasteiger partial charge is 0.324 e. The van der Waals surface area contributed by atoms with Crippen LogP contribution >= 0.6 is 0 Å². The number of hydrogen-bond acceptors (Lipinski definition) is 7. The van der Waals surface area contributed by atoms with Crippen LogP contribution in [-0.4, -0.2) is 50.4 Å². The van der Waals surface area contributed by atoms with Crippen LogP contribution in [0.5, 0.6) is 11.5 Å². The maximum absolute atomic E-state index is 13.2. The van der Waals surface area contributed by atoms with Crippen LogP contribution in [-0.2, 0) is 4.79 Å². The molecule has 1 amide bonds. The van der Waals surface area contributed by atoms with Crippen molar-refractivity contribution in [1.82, 2.24) is 10.1 Å². The fraction of sp³-hybridized carbons (Fsp3) is 0.375. The van der Waals surface area contributed by atoms with Gasteiger partial charge in [-0.15, -0.1) is 0 Å². The third-order valence-electron chi connectivity index (χ3n) is 5.90. The van der Waals surface area contributed by atoms with Gasteiger partial charge in [-0.2, -0.15) is 4.98 Å². The summed E-state index contributed by atoms with van der Waals surface area (Å²) in [6.07, 6.45) is 1.44. The lowest BCUT2D eigenvalue weighted by Gasteiger charge is -2.32. The molecule has 0 aliphatic carbocycles. The Hall–Kier alpha value is -3.55. The third-order valence-corrected chi connectivity index (χ3v) is 5.90. The number of carbonyl (C=O) groups excluding carboxylic acids is 1. The number of aromatic nitrogens is 2. The Morgan fingerprint density at radius 1 is 1.09 bits per heavy atom. The van der Waals surface area contributed by atoms with Crippen LogP contribution in [0, 0.1) is 12.8 Å². The molecule has 1 aromatic heterocycles. The summed E-state index contributed by atoms with van der Waals surface area (Å²) in [7, 11) is 5.06. The zero-order valence-corrected chi connectivity index (χ0v) is 18.9. The number of rotatable bonds is 6. The zero-order valence-electron chi connectivity index (χ0n) is 18.9. The average molecular weight is 437 g/mol. The van der Waals surface area contributed by atoms with Gasteiger partial charge in [0.25, 0.3) is 0 Å². The van der Waals surface area contributed by atoms with Crippen molar-refractivity contribution in [1.29, 1.82) is 0 Å². The minimum atomic E-state index is -0.0644. The second kappa shape index (κ2) is 9.30.